The molecule has 0 saturated heterocycles. The molecule has 2 N–H and O–H groups in total. The van der Waals surface area contributed by atoms with Gasteiger partial charge in [0.1, 0.15) is 0 Å². The summed E-state index contributed by atoms with van der Waals surface area (Å²) in [5.74, 6) is -1.15. The number of aromatic carboxylic acids is 1. The van der Waals surface area contributed by atoms with Crippen molar-refractivity contribution in [3.05, 3.63) is 57.2 Å². The number of anilines is 1. The van der Waals surface area contributed by atoms with E-state index < -0.39 is 16.0 Å². The number of carbonyl (C=O) groups is 1. The SMILES string of the molecule is Cc1ccc(S(=O)(=O)Nc2cccc(I)c2)cc1C(=O)O. The molecule has 0 saturated carbocycles. The maximum absolute atomic E-state index is 12.3. The molecular weight excluding hydrogens is 405 g/mol. The molecule has 7 heteroatoms. The lowest BCUT2D eigenvalue weighted by Gasteiger charge is -2.10. The Labute approximate surface area is 136 Å². The third-order valence-corrected chi connectivity index (χ3v) is 4.88. The van der Waals surface area contributed by atoms with Crippen molar-refractivity contribution >= 4 is 44.3 Å². The van der Waals surface area contributed by atoms with Crippen LogP contribution in [-0.4, -0.2) is 19.5 Å². The Balaban J connectivity index is 2.40. The van der Waals surface area contributed by atoms with Gasteiger partial charge in [0.05, 0.1) is 10.5 Å². The number of hydrogen-bond donors (Lipinski definition) is 2. The first-order chi connectivity index (χ1) is 9.79. The minimum Gasteiger partial charge on any atom is -0.478 e. The van der Waals surface area contributed by atoms with Crippen LogP contribution in [0.5, 0.6) is 0 Å². The molecule has 0 fully saturated rings. The van der Waals surface area contributed by atoms with E-state index in [9.17, 15) is 13.2 Å². The van der Waals surface area contributed by atoms with E-state index in [4.69, 9.17) is 5.11 Å². The Kier molecular flexibility index (Phi) is 4.52. The van der Waals surface area contributed by atoms with Gasteiger partial charge in [0.2, 0.25) is 0 Å². The van der Waals surface area contributed by atoms with Crippen LogP contribution in [0.1, 0.15) is 15.9 Å². The molecule has 0 unspecified atom stereocenters. The molecule has 0 amide bonds. The standard InChI is InChI=1S/C14H12INO4S/c1-9-5-6-12(8-13(9)14(17)18)21(19,20)16-11-4-2-3-10(15)7-11/h2-8,16H,1H3,(H,17,18). The quantitative estimate of drug-likeness (QED) is 0.750. The van der Waals surface area contributed by atoms with Crippen molar-refractivity contribution < 1.29 is 18.3 Å². The van der Waals surface area contributed by atoms with Gasteiger partial charge < -0.3 is 5.11 Å². The van der Waals surface area contributed by atoms with Crippen molar-refractivity contribution in [1.29, 1.82) is 0 Å². The smallest absolute Gasteiger partial charge is 0.335 e. The molecule has 0 aromatic heterocycles. The molecule has 2 aromatic carbocycles. The Hall–Kier alpha value is -1.61. The summed E-state index contributed by atoms with van der Waals surface area (Å²) in [7, 11) is -3.82. The molecule has 21 heavy (non-hydrogen) atoms. The second kappa shape index (κ2) is 6.02. The minimum absolute atomic E-state index is 0.0273. The van der Waals surface area contributed by atoms with Gasteiger partial charge in [-0.25, -0.2) is 13.2 Å². The van der Waals surface area contributed by atoms with Gasteiger partial charge in [-0.15, -0.1) is 0 Å². The second-order valence-corrected chi connectivity index (χ2v) is 7.33. The summed E-state index contributed by atoms with van der Waals surface area (Å²) in [6, 6.07) is 10.9. The van der Waals surface area contributed by atoms with E-state index in [1.807, 2.05) is 6.07 Å². The lowest BCUT2D eigenvalue weighted by atomic mass is 10.1. The number of carboxylic acids is 1. The maximum atomic E-state index is 12.3. The fourth-order valence-corrected chi connectivity index (χ4v) is 3.38. The van der Waals surface area contributed by atoms with Crippen molar-refractivity contribution in [1.82, 2.24) is 0 Å². The number of sulfonamides is 1. The summed E-state index contributed by atoms with van der Waals surface area (Å²) in [5.41, 5.74) is 0.913. The lowest BCUT2D eigenvalue weighted by Crippen LogP contribution is -2.14. The van der Waals surface area contributed by atoms with Gasteiger partial charge in [-0.3, -0.25) is 4.72 Å². The molecule has 0 aliphatic carbocycles. The molecular formula is C14H12INO4S. The third-order valence-electron chi connectivity index (χ3n) is 2.83. The molecule has 2 aromatic rings. The molecule has 0 aliphatic heterocycles. The average Bonchev–Trinajstić information content (AvgIpc) is 2.38. The first-order valence-corrected chi connectivity index (χ1v) is 8.48. The maximum Gasteiger partial charge on any atom is 0.335 e. The van der Waals surface area contributed by atoms with Crippen molar-refractivity contribution in [3.8, 4) is 0 Å². The number of halogens is 1. The summed E-state index contributed by atoms with van der Waals surface area (Å²) in [6.45, 7) is 1.62. The number of benzene rings is 2. The van der Waals surface area contributed by atoms with E-state index >= 15 is 0 Å². The largest absolute Gasteiger partial charge is 0.478 e. The Morgan fingerprint density at radius 2 is 1.90 bits per heavy atom. The summed E-state index contributed by atoms with van der Waals surface area (Å²) < 4.78 is 27.9. The Morgan fingerprint density at radius 1 is 1.19 bits per heavy atom. The molecule has 2 rings (SSSR count). The molecule has 0 heterocycles. The average molecular weight is 417 g/mol. The van der Waals surface area contributed by atoms with E-state index in [0.29, 0.717) is 11.3 Å². The highest BCUT2D eigenvalue weighted by Crippen LogP contribution is 2.20. The highest BCUT2D eigenvalue weighted by atomic mass is 127. The van der Waals surface area contributed by atoms with Gasteiger partial charge in [0.25, 0.3) is 10.0 Å². The molecule has 0 atom stereocenters. The van der Waals surface area contributed by atoms with Gasteiger partial charge in [-0.05, 0) is 65.4 Å². The van der Waals surface area contributed by atoms with Crippen molar-refractivity contribution in [2.24, 2.45) is 0 Å². The summed E-state index contributed by atoms with van der Waals surface area (Å²) >= 11 is 2.08. The number of hydrogen-bond acceptors (Lipinski definition) is 3. The molecule has 0 spiro atoms. The molecule has 5 nitrogen and oxygen atoms in total. The third kappa shape index (κ3) is 3.73. The van der Waals surface area contributed by atoms with E-state index in [0.717, 1.165) is 9.64 Å². The first-order valence-electron chi connectivity index (χ1n) is 5.92. The van der Waals surface area contributed by atoms with Crippen molar-refractivity contribution in [3.63, 3.8) is 0 Å². The zero-order chi connectivity index (χ0) is 15.6. The predicted molar refractivity (Wildman–Crippen MR) is 88.1 cm³/mol. The fourth-order valence-electron chi connectivity index (χ4n) is 1.76. The molecule has 0 bridgehead atoms. The topological polar surface area (TPSA) is 83.5 Å². The summed E-state index contributed by atoms with van der Waals surface area (Å²) in [4.78, 5) is 11.0. The number of aryl methyl sites for hydroxylation is 1. The highest BCUT2D eigenvalue weighted by molar-refractivity contribution is 14.1. The summed E-state index contributed by atoms with van der Waals surface area (Å²) in [5, 5.41) is 9.07. The van der Waals surface area contributed by atoms with Crippen LogP contribution in [-0.2, 0) is 10.0 Å². The van der Waals surface area contributed by atoms with E-state index in [2.05, 4.69) is 27.3 Å². The van der Waals surface area contributed by atoms with E-state index in [1.54, 1.807) is 25.1 Å². The van der Waals surface area contributed by atoms with Gasteiger partial charge in [0, 0.05) is 9.26 Å². The molecule has 110 valence electrons. The van der Waals surface area contributed by atoms with E-state index in [-0.39, 0.29) is 10.5 Å². The number of nitrogens with one attached hydrogen (secondary N) is 1. The van der Waals surface area contributed by atoms with Crippen molar-refractivity contribution in [2.75, 3.05) is 4.72 Å². The van der Waals surface area contributed by atoms with Crippen LogP contribution in [0.25, 0.3) is 0 Å². The Bertz CT molecular complexity index is 802. The zero-order valence-corrected chi connectivity index (χ0v) is 14.0. The van der Waals surface area contributed by atoms with Gasteiger partial charge in [0.15, 0.2) is 0 Å². The lowest BCUT2D eigenvalue weighted by molar-refractivity contribution is 0.0696. The van der Waals surface area contributed by atoms with Gasteiger partial charge in [-0.2, -0.15) is 0 Å². The van der Waals surface area contributed by atoms with Gasteiger partial charge in [-0.1, -0.05) is 12.1 Å². The van der Waals surface area contributed by atoms with Crippen LogP contribution in [0.2, 0.25) is 0 Å². The number of rotatable bonds is 4. The molecule has 0 radical (unpaired) electrons. The first kappa shape index (κ1) is 15.8. The van der Waals surface area contributed by atoms with Crippen molar-refractivity contribution in [2.45, 2.75) is 11.8 Å². The van der Waals surface area contributed by atoms with Crippen LogP contribution < -0.4 is 4.72 Å². The number of carboxylic acid groups (broad SMARTS) is 1. The fraction of sp³-hybridized carbons (Fsp3) is 0.0714. The van der Waals surface area contributed by atoms with Crippen LogP contribution in [0.15, 0.2) is 47.4 Å². The predicted octanol–water partition coefficient (Wildman–Crippen LogP) is 3.10. The zero-order valence-electron chi connectivity index (χ0n) is 11.0. The second-order valence-electron chi connectivity index (χ2n) is 4.40. The van der Waals surface area contributed by atoms with Crippen LogP contribution >= 0.6 is 22.6 Å². The minimum atomic E-state index is -3.82. The van der Waals surface area contributed by atoms with Crippen LogP contribution in [0.4, 0.5) is 5.69 Å². The van der Waals surface area contributed by atoms with Gasteiger partial charge >= 0.3 is 5.97 Å². The Morgan fingerprint density at radius 3 is 2.52 bits per heavy atom. The van der Waals surface area contributed by atoms with E-state index in [1.165, 1.54) is 12.1 Å². The monoisotopic (exact) mass is 417 g/mol. The highest BCUT2D eigenvalue weighted by Gasteiger charge is 2.17. The molecule has 0 aliphatic rings. The van der Waals surface area contributed by atoms with Crippen LogP contribution in [0.3, 0.4) is 0 Å². The summed E-state index contributed by atoms with van der Waals surface area (Å²) in [6.07, 6.45) is 0. The van der Waals surface area contributed by atoms with Crippen LogP contribution in [0, 0.1) is 10.5 Å². The normalized spacial score (nSPS) is 11.1.